The zero-order valence-electron chi connectivity index (χ0n) is 13.3. The van der Waals surface area contributed by atoms with Crippen molar-refractivity contribution in [3.8, 4) is 5.75 Å². The fraction of sp³-hybridized carbons (Fsp3) is 0.222. The first-order chi connectivity index (χ1) is 11.8. The summed E-state index contributed by atoms with van der Waals surface area (Å²) in [4.78, 5) is 20.0. The highest BCUT2D eigenvalue weighted by Crippen LogP contribution is 2.32. The number of ether oxygens (including phenoxy) is 1. The van der Waals surface area contributed by atoms with Crippen LogP contribution < -0.4 is 4.74 Å². The minimum absolute atomic E-state index is 0.0211. The minimum Gasteiger partial charge on any atom is -0.497 e. The van der Waals surface area contributed by atoms with Crippen molar-refractivity contribution in [2.75, 3.05) is 7.11 Å². The molecule has 3 heterocycles. The number of benzene rings is 1. The molecular weight excluding hydrogens is 322 g/mol. The van der Waals surface area contributed by atoms with Crippen molar-refractivity contribution in [3.05, 3.63) is 70.4 Å². The first-order valence-corrected chi connectivity index (χ1v) is 8.62. The van der Waals surface area contributed by atoms with Gasteiger partial charge in [0, 0.05) is 18.9 Å². The van der Waals surface area contributed by atoms with Gasteiger partial charge in [0.25, 0.3) is 5.91 Å². The maximum atomic E-state index is 13.0. The highest BCUT2D eigenvalue weighted by atomic mass is 32.1. The molecule has 2 aromatic heterocycles. The average molecular weight is 339 g/mol. The predicted octanol–water partition coefficient (Wildman–Crippen LogP) is 3.35. The largest absolute Gasteiger partial charge is 0.497 e. The molecule has 0 saturated carbocycles. The number of methoxy groups -OCH3 is 1. The van der Waals surface area contributed by atoms with Crippen molar-refractivity contribution >= 4 is 17.2 Å². The van der Waals surface area contributed by atoms with E-state index in [9.17, 15) is 4.79 Å². The fourth-order valence-electron chi connectivity index (χ4n) is 3.07. The predicted molar refractivity (Wildman–Crippen MR) is 92.2 cm³/mol. The molecule has 0 N–H and O–H groups in total. The lowest BCUT2D eigenvalue weighted by molar-refractivity contribution is 0.0589. The Kier molecular flexibility index (Phi) is 3.82. The third-order valence-corrected chi connectivity index (χ3v) is 5.21. The maximum Gasteiger partial charge on any atom is 0.264 e. The Bertz CT molecular complexity index is 840. The highest BCUT2D eigenvalue weighted by molar-refractivity contribution is 7.12. The molecule has 5 nitrogen and oxygen atoms in total. The van der Waals surface area contributed by atoms with Crippen molar-refractivity contribution in [1.29, 1.82) is 0 Å². The lowest BCUT2D eigenvalue weighted by Gasteiger charge is -2.36. The molecule has 0 bridgehead atoms. The van der Waals surface area contributed by atoms with Crippen LogP contribution >= 0.6 is 11.3 Å². The minimum atomic E-state index is -0.0211. The van der Waals surface area contributed by atoms with Crippen LogP contribution in [0.2, 0.25) is 0 Å². The molecule has 1 aromatic carbocycles. The Balaban J connectivity index is 1.71. The SMILES string of the molecule is COc1ccc([C@@H]2Cn3ccnc3CN2C(=O)c2cccs2)cc1. The molecule has 24 heavy (non-hydrogen) atoms. The van der Waals surface area contributed by atoms with Crippen LogP contribution in [0.25, 0.3) is 0 Å². The van der Waals surface area contributed by atoms with Crippen molar-refractivity contribution in [2.24, 2.45) is 0 Å². The maximum absolute atomic E-state index is 13.0. The van der Waals surface area contributed by atoms with E-state index in [0.29, 0.717) is 13.1 Å². The summed E-state index contributed by atoms with van der Waals surface area (Å²) in [6, 6.07) is 11.7. The van der Waals surface area contributed by atoms with Gasteiger partial charge in [0.2, 0.25) is 0 Å². The third-order valence-electron chi connectivity index (χ3n) is 4.35. The second-order valence-corrected chi connectivity index (χ2v) is 6.64. The van der Waals surface area contributed by atoms with Gasteiger partial charge >= 0.3 is 0 Å². The van der Waals surface area contributed by atoms with Crippen LogP contribution in [-0.2, 0) is 13.1 Å². The number of hydrogen-bond donors (Lipinski definition) is 0. The van der Waals surface area contributed by atoms with Crippen LogP contribution in [0.5, 0.6) is 5.75 Å². The Hall–Kier alpha value is -2.60. The molecule has 0 radical (unpaired) electrons. The zero-order chi connectivity index (χ0) is 16.5. The molecule has 0 saturated heterocycles. The molecule has 122 valence electrons. The van der Waals surface area contributed by atoms with Crippen molar-refractivity contribution in [3.63, 3.8) is 0 Å². The molecule has 1 aliphatic rings. The highest BCUT2D eigenvalue weighted by Gasteiger charge is 2.32. The first-order valence-electron chi connectivity index (χ1n) is 7.74. The van der Waals surface area contributed by atoms with Gasteiger partial charge in [-0.3, -0.25) is 4.79 Å². The van der Waals surface area contributed by atoms with Gasteiger partial charge in [0.1, 0.15) is 11.6 Å². The van der Waals surface area contributed by atoms with E-state index in [-0.39, 0.29) is 11.9 Å². The van der Waals surface area contributed by atoms with E-state index in [0.717, 1.165) is 22.0 Å². The molecule has 1 amide bonds. The van der Waals surface area contributed by atoms with E-state index in [1.54, 1.807) is 13.3 Å². The standard InChI is InChI=1S/C18H17N3O2S/c1-23-14-6-4-13(5-7-14)15-11-20-9-8-19-17(20)12-21(15)18(22)16-3-2-10-24-16/h2-10,15H,11-12H2,1H3/t15-/m0/s1. The molecule has 1 atom stereocenters. The van der Waals surface area contributed by atoms with Gasteiger partial charge in [-0.1, -0.05) is 18.2 Å². The Morgan fingerprint density at radius 1 is 1.29 bits per heavy atom. The summed E-state index contributed by atoms with van der Waals surface area (Å²) in [6.07, 6.45) is 3.76. The number of nitrogens with zero attached hydrogens (tertiary/aromatic N) is 3. The average Bonchev–Trinajstić information content (AvgIpc) is 3.31. The number of fused-ring (bicyclic) bond motifs is 1. The summed E-state index contributed by atoms with van der Waals surface area (Å²) in [5.41, 5.74) is 1.10. The van der Waals surface area contributed by atoms with Crippen LogP contribution in [0, 0.1) is 0 Å². The van der Waals surface area contributed by atoms with E-state index in [1.807, 2.05) is 52.9 Å². The Morgan fingerprint density at radius 3 is 2.83 bits per heavy atom. The second-order valence-electron chi connectivity index (χ2n) is 5.70. The summed E-state index contributed by atoms with van der Waals surface area (Å²) in [6.45, 7) is 1.22. The summed E-state index contributed by atoms with van der Waals surface area (Å²) >= 11 is 1.47. The molecule has 1 aliphatic heterocycles. The van der Waals surface area contributed by atoms with Crippen molar-refractivity contribution in [1.82, 2.24) is 14.5 Å². The number of carbonyl (C=O) groups excluding carboxylic acids is 1. The normalized spacial score (nSPS) is 16.7. The van der Waals surface area contributed by atoms with Gasteiger partial charge < -0.3 is 14.2 Å². The van der Waals surface area contributed by atoms with Gasteiger partial charge in [-0.2, -0.15) is 0 Å². The van der Waals surface area contributed by atoms with Crippen LogP contribution in [-0.4, -0.2) is 27.5 Å². The third kappa shape index (κ3) is 2.59. The number of imidazole rings is 1. The number of hydrogen-bond acceptors (Lipinski definition) is 4. The van der Waals surface area contributed by atoms with Crippen molar-refractivity contribution < 1.29 is 9.53 Å². The first kappa shape index (κ1) is 15.0. The van der Waals surface area contributed by atoms with Gasteiger partial charge in [0.15, 0.2) is 0 Å². The van der Waals surface area contributed by atoms with Gasteiger partial charge in [-0.15, -0.1) is 11.3 Å². The molecule has 0 aliphatic carbocycles. The van der Waals surface area contributed by atoms with Crippen LogP contribution in [0.1, 0.15) is 27.1 Å². The summed E-state index contributed by atoms with van der Waals surface area (Å²) in [7, 11) is 1.65. The van der Waals surface area contributed by atoms with Crippen LogP contribution in [0.4, 0.5) is 0 Å². The Morgan fingerprint density at radius 2 is 2.12 bits per heavy atom. The topological polar surface area (TPSA) is 47.4 Å². The monoisotopic (exact) mass is 339 g/mol. The van der Waals surface area contributed by atoms with Crippen LogP contribution in [0.3, 0.4) is 0 Å². The summed E-state index contributed by atoms with van der Waals surface area (Å²) in [5.74, 6) is 1.79. The number of rotatable bonds is 3. The fourth-order valence-corrected chi connectivity index (χ4v) is 3.75. The number of thiophene rings is 1. The number of aromatic nitrogens is 2. The van der Waals surface area contributed by atoms with Crippen LogP contribution in [0.15, 0.2) is 54.2 Å². The number of amides is 1. The molecule has 0 spiro atoms. The van der Waals surface area contributed by atoms with E-state index < -0.39 is 0 Å². The molecule has 6 heteroatoms. The summed E-state index contributed by atoms with van der Waals surface area (Å²) < 4.78 is 7.36. The Labute approximate surface area is 144 Å². The van der Waals surface area contributed by atoms with Gasteiger partial charge in [-0.25, -0.2) is 4.98 Å². The van der Waals surface area contributed by atoms with Crippen molar-refractivity contribution in [2.45, 2.75) is 19.1 Å². The van der Waals surface area contributed by atoms with E-state index >= 15 is 0 Å². The zero-order valence-corrected chi connectivity index (χ0v) is 14.1. The van der Waals surface area contributed by atoms with Gasteiger partial charge in [0.05, 0.1) is 24.6 Å². The molecule has 4 rings (SSSR count). The smallest absolute Gasteiger partial charge is 0.264 e. The molecular formula is C18H17N3O2S. The lowest BCUT2D eigenvalue weighted by atomic mass is 10.0. The van der Waals surface area contributed by atoms with E-state index in [2.05, 4.69) is 9.55 Å². The van der Waals surface area contributed by atoms with Gasteiger partial charge in [-0.05, 0) is 29.1 Å². The number of carbonyl (C=O) groups is 1. The quantitative estimate of drug-likeness (QED) is 0.735. The molecule has 3 aromatic rings. The lowest BCUT2D eigenvalue weighted by Crippen LogP contribution is -2.40. The van der Waals surface area contributed by atoms with E-state index in [1.165, 1.54) is 11.3 Å². The molecule has 0 unspecified atom stereocenters. The summed E-state index contributed by atoms with van der Waals surface area (Å²) in [5, 5.41) is 1.93. The molecule has 0 fully saturated rings. The van der Waals surface area contributed by atoms with E-state index in [4.69, 9.17) is 4.74 Å². The second kappa shape index (κ2) is 6.13.